The summed E-state index contributed by atoms with van der Waals surface area (Å²) in [6.45, 7) is 4.76. The van der Waals surface area contributed by atoms with E-state index in [1.165, 1.54) is 16.7 Å². The number of likely N-dealkylation sites (tertiary alicyclic amines) is 2. The van der Waals surface area contributed by atoms with Gasteiger partial charge in [0.05, 0.1) is 5.69 Å². The van der Waals surface area contributed by atoms with E-state index in [-0.39, 0.29) is 17.7 Å². The van der Waals surface area contributed by atoms with E-state index < -0.39 is 11.8 Å². The molecular weight excluding hydrogens is 660 g/mol. The Morgan fingerprint density at radius 1 is 0.975 bits per heavy atom. The molecule has 214 valence electrons. The van der Waals surface area contributed by atoms with Crippen LogP contribution in [-0.2, 0) is 27.2 Å². The summed E-state index contributed by atoms with van der Waals surface area (Å²) < 4.78 is 2.03. The lowest BCUT2D eigenvalue weighted by Crippen LogP contribution is -2.47. The standard InChI is InChI=1S/C30H35Br2ClN4O3/c1-2-34-29(39)30(40)37-9-5-18(6-10-37)13-25(38)36-11-7-19(8-12-36)27-26-20(15-23(33)16-24(26)32)3-4-21-14-22(31)17-35-28(21)27/h14-19,27H,2-13H2,1H3,(H,34,39)/t27-/m1/s1. The van der Waals surface area contributed by atoms with Crippen LogP contribution in [0.25, 0.3) is 0 Å². The normalized spacial score (nSPS) is 19.9. The molecule has 1 aromatic carbocycles. The van der Waals surface area contributed by atoms with Gasteiger partial charge in [-0.1, -0.05) is 27.5 Å². The molecule has 2 saturated heterocycles. The third kappa shape index (κ3) is 6.41. The topological polar surface area (TPSA) is 82.6 Å². The number of benzene rings is 1. The molecule has 1 aromatic heterocycles. The molecule has 0 saturated carbocycles. The first-order valence-electron chi connectivity index (χ1n) is 14.2. The molecule has 10 heteroatoms. The molecule has 0 radical (unpaired) electrons. The fraction of sp³-hybridized carbons (Fsp3) is 0.533. The van der Waals surface area contributed by atoms with Crippen molar-refractivity contribution >= 4 is 61.2 Å². The molecule has 0 bridgehead atoms. The van der Waals surface area contributed by atoms with E-state index in [2.05, 4.69) is 49.3 Å². The highest BCUT2D eigenvalue weighted by molar-refractivity contribution is 9.10. The molecule has 3 aliphatic rings. The molecule has 0 spiro atoms. The van der Waals surface area contributed by atoms with Crippen LogP contribution in [0.4, 0.5) is 0 Å². The summed E-state index contributed by atoms with van der Waals surface area (Å²) in [6.07, 6.45) is 7.58. The minimum Gasteiger partial charge on any atom is -0.348 e. The summed E-state index contributed by atoms with van der Waals surface area (Å²) >= 11 is 13.9. The number of hydrogen-bond donors (Lipinski definition) is 1. The second-order valence-corrected chi connectivity index (χ2v) is 13.4. The minimum absolute atomic E-state index is 0.149. The highest BCUT2D eigenvalue weighted by Crippen LogP contribution is 2.46. The van der Waals surface area contributed by atoms with Crippen LogP contribution in [0.1, 0.15) is 67.3 Å². The van der Waals surface area contributed by atoms with E-state index >= 15 is 0 Å². The van der Waals surface area contributed by atoms with Gasteiger partial charge in [0.15, 0.2) is 0 Å². The van der Waals surface area contributed by atoms with Gasteiger partial charge in [-0.2, -0.15) is 0 Å². The number of nitrogens with zero attached hydrogens (tertiary/aromatic N) is 3. The Morgan fingerprint density at radius 2 is 1.65 bits per heavy atom. The number of halogens is 3. The molecule has 3 amide bonds. The van der Waals surface area contributed by atoms with Gasteiger partial charge in [0.1, 0.15) is 0 Å². The summed E-state index contributed by atoms with van der Waals surface area (Å²) in [5, 5.41) is 3.31. The van der Waals surface area contributed by atoms with Crippen molar-refractivity contribution in [3.8, 4) is 0 Å². The van der Waals surface area contributed by atoms with Crippen LogP contribution in [0, 0.1) is 11.8 Å². The molecule has 1 atom stereocenters. The van der Waals surface area contributed by atoms with Gasteiger partial charge >= 0.3 is 11.8 Å². The Balaban J connectivity index is 1.23. The molecular formula is C30H35Br2ClN4O3. The minimum atomic E-state index is -0.545. The number of fused-ring (bicyclic) bond motifs is 2. The molecule has 1 aliphatic carbocycles. The monoisotopic (exact) mass is 692 g/mol. The Morgan fingerprint density at radius 3 is 2.35 bits per heavy atom. The summed E-state index contributed by atoms with van der Waals surface area (Å²) in [6, 6.07) is 6.29. The molecule has 3 heterocycles. The van der Waals surface area contributed by atoms with E-state index in [0.29, 0.717) is 32.0 Å². The van der Waals surface area contributed by atoms with Crippen LogP contribution in [-0.4, -0.2) is 65.2 Å². The molecule has 40 heavy (non-hydrogen) atoms. The number of amides is 3. The van der Waals surface area contributed by atoms with Gasteiger partial charge in [0.25, 0.3) is 0 Å². The van der Waals surface area contributed by atoms with Crippen molar-refractivity contribution in [2.24, 2.45) is 11.8 Å². The van der Waals surface area contributed by atoms with Gasteiger partial charge in [-0.05, 0) is 108 Å². The number of nitrogens with one attached hydrogen (secondary N) is 1. The van der Waals surface area contributed by atoms with Crippen LogP contribution in [0.3, 0.4) is 0 Å². The Kier molecular flexibility index (Phi) is 9.52. The molecule has 5 rings (SSSR count). The smallest absolute Gasteiger partial charge is 0.311 e. The van der Waals surface area contributed by atoms with Gasteiger partial charge in [0, 0.05) is 65.2 Å². The number of hydrogen-bond acceptors (Lipinski definition) is 4. The van der Waals surface area contributed by atoms with Crippen molar-refractivity contribution in [1.29, 1.82) is 0 Å². The summed E-state index contributed by atoms with van der Waals surface area (Å²) in [5.74, 6) is -0.0513. The number of piperidine rings is 2. The predicted molar refractivity (Wildman–Crippen MR) is 162 cm³/mol. The first kappa shape index (κ1) is 29.5. The van der Waals surface area contributed by atoms with Crippen molar-refractivity contribution in [3.63, 3.8) is 0 Å². The first-order chi connectivity index (χ1) is 19.2. The summed E-state index contributed by atoms with van der Waals surface area (Å²) in [5.41, 5.74) is 4.98. The predicted octanol–water partition coefficient (Wildman–Crippen LogP) is 5.49. The summed E-state index contributed by atoms with van der Waals surface area (Å²) in [7, 11) is 0. The zero-order chi connectivity index (χ0) is 28.4. The SMILES string of the molecule is CCNC(=O)C(=O)N1CCC(CC(=O)N2CCC([C@H]3c4ncc(Br)cc4CCc4cc(Cl)cc(Br)c43)CC2)CC1. The number of rotatable bonds is 4. The van der Waals surface area contributed by atoms with Crippen molar-refractivity contribution in [1.82, 2.24) is 20.1 Å². The Labute approximate surface area is 257 Å². The zero-order valence-corrected chi connectivity index (χ0v) is 26.7. The van der Waals surface area contributed by atoms with Gasteiger partial charge in [-0.3, -0.25) is 19.4 Å². The lowest BCUT2D eigenvalue weighted by molar-refractivity contribution is -0.147. The highest BCUT2D eigenvalue weighted by atomic mass is 79.9. The van der Waals surface area contributed by atoms with E-state index in [9.17, 15) is 14.4 Å². The maximum atomic E-state index is 13.3. The number of carbonyl (C=O) groups excluding carboxylic acids is 3. The highest BCUT2D eigenvalue weighted by Gasteiger charge is 2.37. The number of pyridine rings is 1. The van der Waals surface area contributed by atoms with Gasteiger partial charge in [-0.25, -0.2) is 0 Å². The molecule has 1 N–H and O–H groups in total. The van der Waals surface area contributed by atoms with E-state index in [0.717, 1.165) is 71.3 Å². The molecule has 2 fully saturated rings. The van der Waals surface area contributed by atoms with Crippen LogP contribution in [0.2, 0.25) is 5.02 Å². The zero-order valence-electron chi connectivity index (χ0n) is 22.7. The van der Waals surface area contributed by atoms with Crippen LogP contribution in [0.15, 0.2) is 33.3 Å². The maximum Gasteiger partial charge on any atom is 0.311 e. The lowest BCUT2D eigenvalue weighted by Gasteiger charge is -2.38. The molecule has 0 unspecified atom stereocenters. The second kappa shape index (κ2) is 12.9. The number of likely N-dealkylation sites (N-methyl/N-ethyl adjacent to an activating group) is 1. The maximum absolute atomic E-state index is 13.3. The average Bonchev–Trinajstić information content (AvgIpc) is 3.10. The van der Waals surface area contributed by atoms with Crippen LogP contribution < -0.4 is 5.32 Å². The number of aromatic nitrogens is 1. The van der Waals surface area contributed by atoms with Gasteiger partial charge in [-0.15, -0.1) is 0 Å². The van der Waals surface area contributed by atoms with Gasteiger partial charge < -0.3 is 15.1 Å². The lowest BCUT2D eigenvalue weighted by atomic mass is 9.76. The fourth-order valence-electron chi connectivity index (χ4n) is 6.61. The Hall–Kier alpha value is -1.97. The van der Waals surface area contributed by atoms with Crippen LogP contribution in [0.5, 0.6) is 0 Å². The van der Waals surface area contributed by atoms with Crippen LogP contribution >= 0.6 is 43.5 Å². The molecule has 2 aliphatic heterocycles. The number of carbonyl (C=O) groups is 3. The quantitative estimate of drug-likeness (QED) is 0.430. The first-order valence-corrected chi connectivity index (χ1v) is 16.2. The summed E-state index contributed by atoms with van der Waals surface area (Å²) in [4.78, 5) is 46.0. The third-order valence-corrected chi connectivity index (χ3v) is 9.99. The van der Waals surface area contributed by atoms with Crippen molar-refractivity contribution in [3.05, 3.63) is 60.7 Å². The van der Waals surface area contributed by atoms with E-state index in [4.69, 9.17) is 16.6 Å². The third-order valence-electron chi connectivity index (χ3n) is 8.68. The van der Waals surface area contributed by atoms with E-state index in [1.54, 1.807) is 11.8 Å². The van der Waals surface area contributed by atoms with Crippen molar-refractivity contribution in [2.45, 2.75) is 57.8 Å². The van der Waals surface area contributed by atoms with Crippen molar-refractivity contribution < 1.29 is 14.4 Å². The second-order valence-electron chi connectivity index (χ2n) is 11.2. The fourth-order valence-corrected chi connectivity index (χ4v) is 8.11. The molecule has 7 nitrogen and oxygen atoms in total. The van der Waals surface area contributed by atoms with Gasteiger partial charge in [0.2, 0.25) is 5.91 Å². The number of aryl methyl sites for hydroxylation is 2. The van der Waals surface area contributed by atoms with Crippen molar-refractivity contribution in [2.75, 3.05) is 32.7 Å². The average molecular weight is 695 g/mol. The van der Waals surface area contributed by atoms with E-state index in [1.807, 2.05) is 17.2 Å². The molecule has 2 aromatic rings. The Bertz CT molecular complexity index is 1290. The largest absolute Gasteiger partial charge is 0.348 e.